The van der Waals surface area contributed by atoms with Crippen molar-refractivity contribution in [2.75, 3.05) is 18.9 Å². The summed E-state index contributed by atoms with van der Waals surface area (Å²) >= 11 is 12.0. The van der Waals surface area contributed by atoms with Crippen molar-refractivity contribution in [3.8, 4) is 0 Å². The Labute approximate surface area is 151 Å². The molecule has 0 unspecified atom stereocenters. The van der Waals surface area contributed by atoms with Crippen LogP contribution in [0.15, 0.2) is 42.5 Å². The molecule has 6 heteroatoms. The van der Waals surface area contributed by atoms with Gasteiger partial charge in [0.2, 0.25) is 5.91 Å². The number of likely N-dealkylation sites (N-methyl/N-ethyl adjacent to an activating group) is 1. The van der Waals surface area contributed by atoms with Crippen molar-refractivity contribution < 1.29 is 9.59 Å². The first-order chi connectivity index (χ1) is 11.4. The lowest BCUT2D eigenvalue weighted by Crippen LogP contribution is -2.35. The second-order valence-corrected chi connectivity index (χ2v) is 6.17. The summed E-state index contributed by atoms with van der Waals surface area (Å²) < 4.78 is 0. The number of nitrogens with one attached hydrogen (secondary N) is 1. The van der Waals surface area contributed by atoms with Crippen molar-refractivity contribution >= 4 is 40.7 Å². The standard InChI is InChI=1S/C18H18Cl2N2O2/c1-3-12-7-9-13(10-8-12)18(24)22(2)11-16(23)21-17-14(19)5-4-6-15(17)20/h4-10H,3,11H2,1-2H3,(H,21,23). The number of anilines is 1. The predicted octanol–water partition coefficient (Wildman–Crippen LogP) is 4.27. The number of amides is 2. The van der Waals surface area contributed by atoms with Crippen LogP contribution in [0.2, 0.25) is 10.0 Å². The molecule has 2 rings (SSSR count). The molecule has 4 nitrogen and oxygen atoms in total. The van der Waals surface area contributed by atoms with Crippen molar-refractivity contribution in [1.82, 2.24) is 4.90 Å². The fourth-order valence-electron chi connectivity index (χ4n) is 2.19. The normalized spacial score (nSPS) is 10.3. The molecule has 1 N–H and O–H groups in total. The number of para-hydroxylation sites is 1. The van der Waals surface area contributed by atoms with Gasteiger partial charge in [0.05, 0.1) is 22.3 Å². The molecule has 0 heterocycles. The van der Waals surface area contributed by atoms with E-state index in [0.717, 1.165) is 12.0 Å². The number of carbonyl (C=O) groups excluding carboxylic acids is 2. The van der Waals surface area contributed by atoms with E-state index in [1.165, 1.54) is 4.90 Å². The average Bonchev–Trinajstić information content (AvgIpc) is 2.57. The summed E-state index contributed by atoms with van der Waals surface area (Å²) in [5.74, 6) is -0.593. The smallest absolute Gasteiger partial charge is 0.254 e. The van der Waals surface area contributed by atoms with Crippen LogP contribution < -0.4 is 5.32 Å². The summed E-state index contributed by atoms with van der Waals surface area (Å²) in [5.41, 5.74) is 2.04. The number of rotatable bonds is 5. The van der Waals surface area contributed by atoms with Gasteiger partial charge in [0.25, 0.3) is 5.91 Å². The Kier molecular flexibility index (Phi) is 6.23. The van der Waals surface area contributed by atoms with Gasteiger partial charge >= 0.3 is 0 Å². The van der Waals surface area contributed by atoms with Crippen LogP contribution in [0.5, 0.6) is 0 Å². The summed E-state index contributed by atoms with van der Waals surface area (Å²) in [4.78, 5) is 25.8. The molecule has 0 bridgehead atoms. The van der Waals surface area contributed by atoms with E-state index in [1.807, 2.05) is 19.1 Å². The third kappa shape index (κ3) is 4.49. The van der Waals surface area contributed by atoms with E-state index in [1.54, 1.807) is 37.4 Å². The third-order valence-corrected chi connectivity index (χ3v) is 4.19. The highest BCUT2D eigenvalue weighted by Gasteiger charge is 2.16. The van der Waals surface area contributed by atoms with Gasteiger partial charge < -0.3 is 10.2 Å². The second kappa shape index (κ2) is 8.18. The van der Waals surface area contributed by atoms with Gasteiger partial charge in [-0.15, -0.1) is 0 Å². The number of halogens is 2. The van der Waals surface area contributed by atoms with Crippen LogP contribution in [0.4, 0.5) is 5.69 Å². The first-order valence-corrected chi connectivity index (χ1v) is 8.26. The lowest BCUT2D eigenvalue weighted by molar-refractivity contribution is -0.116. The van der Waals surface area contributed by atoms with Crippen molar-refractivity contribution in [3.05, 3.63) is 63.6 Å². The molecule has 0 radical (unpaired) electrons. The first kappa shape index (κ1) is 18.3. The molecule has 2 amide bonds. The monoisotopic (exact) mass is 364 g/mol. The van der Waals surface area contributed by atoms with Gasteiger partial charge in [-0.3, -0.25) is 9.59 Å². The van der Waals surface area contributed by atoms with Crippen LogP contribution in [-0.4, -0.2) is 30.3 Å². The van der Waals surface area contributed by atoms with Gasteiger partial charge in [0.1, 0.15) is 0 Å². The first-order valence-electron chi connectivity index (χ1n) is 7.50. The highest BCUT2D eigenvalue weighted by atomic mass is 35.5. The molecule has 0 aromatic heterocycles. The van der Waals surface area contributed by atoms with Crippen LogP contribution in [0.3, 0.4) is 0 Å². The maximum Gasteiger partial charge on any atom is 0.254 e. The third-order valence-electron chi connectivity index (χ3n) is 3.56. The Morgan fingerprint density at radius 2 is 1.62 bits per heavy atom. The molecule has 0 aliphatic heterocycles. The van der Waals surface area contributed by atoms with Crippen LogP contribution in [0, 0.1) is 0 Å². The molecule has 2 aromatic carbocycles. The van der Waals surface area contributed by atoms with E-state index in [2.05, 4.69) is 5.32 Å². The van der Waals surface area contributed by atoms with Crippen LogP contribution in [0.25, 0.3) is 0 Å². The summed E-state index contributed by atoms with van der Waals surface area (Å²) in [6, 6.07) is 12.3. The maximum atomic E-state index is 12.4. The van der Waals surface area contributed by atoms with Crippen LogP contribution >= 0.6 is 23.2 Å². The number of carbonyl (C=O) groups is 2. The molecular weight excluding hydrogens is 347 g/mol. The topological polar surface area (TPSA) is 49.4 Å². The molecule has 2 aromatic rings. The van der Waals surface area contributed by atoms with Crippen LogP contribution in [-0.2, 0) is 11.2 Å². The van der Waals surface area contributed by atoms with Gasteiger partial charge in [-0.25, -0.2) is 0 Å². The van der Waals surface area contributed by atoms with Crippen LogP contribution in [0.1, 0.15) is 22.8 Å². The molecule has 0 aliphatic carbocycles. The van der Waals surface area contributed by atoms with Crippen molar-refractivity contribution in [2.24, 2.45) is 0 Å². The largest absolute Gasteiger partial charge is 0.332 e. The summed E-state index contributed by atoms with van der Waals surface area (Å²) in [5, 5.41) is 3.33. The van der Waals surface area contributed by atoms with E-state index in [9.17, 15) is 9.59 Å². The molecule has 0 saturated heterocycles. The number of benzene rings is 2. The molecule has 0 aliphatic rings. The zero-order valence-corrected chi connectivity index (χ0v) is 15.0. The zero-order chi connectivity index (χ0) is 17.7. The van der Waals surface area contributed by atoms with Gasteiger partial charge in [-0.1, -0.05) is 48.3 Å². The average molecular weight is 365 g/mol. The Morgan fingerprint density at radius 1 is 1.04 bits per heavy atom. The Morgan fingerprint density at radius 3 is 2.17 bits per heavy atom. The molecule has 0 fully saturated rings. The van der Waals surface area contributed by atoms with Gasteiger partial charge in [-0.05, 0) is 36.2 Å². The Hall–Kier alpha value is -2.04. The second-order valence-electron chi connectivity index (χ2n) is 5.36. The molecule has 24 heavy (non-hydrogen) atoms. The summed E-state index contributed by atoms with van der Waals surface area (Å²) in [7, 11) is 1.57. The number of aryl methyl sites for hydroxylation is 1. The van der Waals surface area contributed by atoms with E-state index < -0.39 is 0 Å². The van der Waals surface area contributed by atoms with E-state index in [4.69, 9.17) is 23.2 Å². The molecule has 0 spiro atoms. The number of hydrogen-bond acceptors (Lipinski definition) is 2. The van der Waals surface area contributed by atoms with Gasteiger partial charge in [-0.2, -0.15) is 0 Å². The zero-order valence-electron chi connectivity index (χ0n) is 13.5. The number of nitrogens with zero attached hydrogens (tertiary/aromatic N) is 1. The fourth-order valence-corrected chi connectivity index (χ4v) is 2.68. The quantitative estimate of drug-likeness (QED) is 0.861. The van der Waals surface area contributed by atoms with Gasteiger partial charge in [0.15, 0.2) is 0 Å². The lowest BCUT2D eigenvalue weighted by Gasteiger charge is -2.17. The van der Waals surface area contributed by atoms with Crippen molar-refractivity contribution in [1.29, 1.82) is 0 Å². The number of hydrogen-bond donors (Lipinski definition) is 1. The Balaban J connectivity index is 2.01. The SMILES string of the molecule is CCc1ccc(C(=O)N(C)CC(=O)Nc2c(Cl)cccc2Cl)cc1. The summed E-state index contributed by atoms with van der Waals surface area (Å²) in [6.45, 7) is 1.95. The van der Waals surface area contributed by atoms with E-state index in [-0.39, 0.29) is 18.4 Å². The molecular formula is C18H18Cl2N2O2. The highest BCUT2D eigenvalue weighted by Crippen LogP contribution is 2.29. The van der Waals surface area contributed by atoms with Crippen molar-refractivity contribution in [3.63, 3.8) is 0 Å². The summed E-state index contributed by atoms with van der Waals surface area (Å²) in [6.07, 6.45) is 0.908. The van der Waals surface area contributed by atoms with Gasteiger partial charge in [0, 0.05) is 12.6 Å². The fraction of sp³-hybridized carbons (Fsp3) is 0.222. The minimum atomic E-state index is -0.369. The maximum absolute atomic E-state index is 12.4. The lowest BCUT2D eigenvalue weighted by atomic mass is 10.1. The molecule has 0 atom stereocenters. The molecule has 0 saturated carbocycles. The molecule has 126 valence electrons. The van der Waals surface area contributed by atoms with E-state index >= 15 is 0 Å². The van der Waals surface area contributed by atoms with E-state index in [0.29, 0.717) is 21.3 Å². The predicted molar refractivity (Wildman–Crippen MR) is 97.9 cm³/mol. The minimum absolute atomic E-state index is 0.101. The van der Waals surface area contributed by atoms with Crippen molar-refractivity contribution in [2.45, 2.75) is 13.3 Å². The highest BCUT2D eigenvalue weighted by molar-refractivity contribution is 6.39. The minimum Gasteiger partial charge on any atom is -0.332 e. The Bertz CT molecular complexity index is 725.